The average Bonchev–Trinajstić information content (AvgIpc) is 4.04. The Morgan fingerprint density at radius 3 is 1.63 bits per heavy atom. The summed E-state index contributed by atoms with van der Waals surface area (Å²) in [7, 11) is 0. The highest BCUT2D eigenvalue weighted by Crippen LogP contribution is 2.48. The monoisotopic (exact) mass is 821 g/mol. The van der Waals surface area contributed by atoms with Gasteiger partial charge in [0.25, 0.3) is 0 Å². The zero-order valence-corrected chi connectivity index (χ0v) is 34.7. The van der Waals surface area contributed by atoms with Gasteiger partial charge in [0.15, 0.2) is 5.82 Å². The van der Waals surface area contributed by atoms with Gasteiger partial charge in [-0.1, -0.05) is 176 Å². The van der Waals surface area contributed by atoms with Crippen LogP contribution in [0.25, 0.3) is 126 Å². The van der Waals surface area contributed by atoms with Gasteiger partial charge in [-0.15, -0.1) is 11.3 Å². The van der Waals surface area contributed by atoms with Crippen LogP contribution in [0.5, 0.6) is 0 Å². The molecule has 294 valence electrons. The van der Waals surface area contributed by atoms with Gasteiger partial charge in [-0.3, -0.25) is 0 Å². The summed E-state index contributed by atoms with van der Waals surface area (Å²) in [6.45, 7) is 0. The van der Waals surface area contributed by atoms with Crippen LogP contribution in [0.2, 0.25) is 0 Å². The number of thiophene rings is 1. The third-order valence-corrected chi connectivity index (χ3v) is 13.6. The molecule has 0 spiro atoms. The van der Waals surface area contributed by atoms with E-state index in [0.29, 0.717) is 5.82 Å². The van der Waals surface area contributed by atoms with Crippen molar-refractivity contribution in [2.45, 2.75) is 0 Å². The predicted molar refractivity (Wildman–Crippen MR) is 264 cm³/mol. The van der Waals surface area contributed by atoms with Crippen LogP contribution >= 0.6 is 11.3 Å². The number of para-hydroxylation sites is 2. The van der Waals surface area contributed by atoms with Crippen LogP contribution < -0.4 is 0 Å². The van der Waals surface area contributed by atoms with E-state index in [0.717, 1.165) is 115 Å². The van der Waals surface area contributed by atoms with E-state index in [9.17, 15) is 0 Å². The van der Waals surface area contributed by atoms with Crippen LogP contribution in [0.3, 0.4) is 0 Å². The number of hydrogen-bond donors (Lipinski definition) is 0. The molecule has 0 saturated carbocycles. The van der Waals surface area contributed by atoms with Crippen molar-refractivity contribution in [1.82, 2.24) is 14.5 Å². The molecule has 5 heteroatoms. The first kappa shape index (κ1) is 35.6. The van der Waals surface area contributed by atoms with Crippen molar-refractivity contribution in [2.24, 2.45) is 0 Å². The summed E-state index contributed by atoms with van der Waals surface area (Å²) in [5, 5.41) is 5.58. The predicted octanol–water partition coefficient (Wildman–Crippen LogP) is 16.2. The lowest BCUT2D eigenvalue weighted by Crippen LogP contribution is -2.02. The van der Waals surface area contributed by atoms with Gasteiger partial charge in [-0.2, -0.15) is 0 Å². The zero-order valence-electron chi connectivity index (χ0n) is 33.9. The number of rotatable bonds is 6. The molecule has 0 unspecified atom stereocenters. The van der Waals surface area contributed by atoms with Gasteiger partial charge in [-0.05, 0) is 53.1 Å². The summed E-state index contributed by atoms with van der Waals surface area (Å²) in [5.74, 6) is 0.709. The molecule has 0 N–H and O–H groups in total. The maximum absolute atomic E-state index is 7.10. The lowest BCUT2D eigenvalue weighted by molar-refractivity contribution is 0.674. The quantitative estimate of drug-likeness (QED) is 0.168. The maximum Gasteiger partial charge on any atom is 0.160 e. The summed E-state index contributed by atoms with van der Waals surface area (Å²) >= 11 is 1.76. The Morgan fingerprint density at radius 1 is 0.397 bits per heavy atom. The van der Waals surface area contributed by atoms with E-state index in [4.69, 9.17) is 14.4 Å². The number of fused-ring (bicyclic) bond motifs is 10. The molecule has 0 fully saturated rings. The molecule has 9 aromatic carbocycles. The Morgan fingerprint density at radius 2 is 0.952 bits per heavy atom. The molecule has 13 aromatic rings. The van der Waals surface area contributed by atoms with Gasteiger partial charge in [0, 0.05) is 54.1 Å². The third-order valence-electron chi connectivity index (χ3n) is 12.4. The zero-order chi connectivity index (χ0) is 41.4. The summed E-state index contributed by atoms with van der Waals surface area (Å²) in [5.41, 5.74) is 15.6. The van der Waals surface area contributed by atoms with Crippen LogP contribution in [0.15, 0.2) is 217 Å². The summed E-state index contributed by atoms with van der Waals surface area (Å²) in [4.78, 5) is 10.7. The van der Waals surface area contributed by atoms with Gasteiger partial charge in [0.05, 0.1) is 38.0 Å². The Labute approximate surface area is 366 Å². The summed E-state index contributed by atoms with van der Waals surface area (Å²) < 4.78 is 11.8. The number of benzene rings is 9. The second-order valence-corrected chi connectivity index (χ2v) is 17.1. The standard InChI is InChI=1S/C58H35N3OS/c1-5-18-36(19-6-1)41-28-17-29-42-43-32-33-49-51(56(43)62-55(41)42)44-26-13-15-30-48(44)61(49)54-46(37-20-7-2-8-21-37)34-40(35-47(54)38-22-9-3-10-23-38)52-57-53(45-27-14-16-31-50(45)63-57)60-58(59-52)39-24-11-4-12-25-39/h1-35H. The normalized spacial score (nSPS) is 11.8. The largest absolute Gasteiger partial charge is 0.455 e. The Bertz CT molecular complexity index is 3830. The Kier molecular flexibility index (Phi) is 8.05. The van der Waals surface area contributed by atoms with Crippen molar-refractivity contribution in [3.05, 3.63) is 212 Å². The topological polar surface area (TPSA) is 43.9 Å². The molecule has 63 heavy (non-hydrogen) atoms. The van der Waals surface area contributed by atoms with Crippen LogP contribution in [-0.2, 0) is 0 Å². The van der Waals surface area contributed by atoms with Crippen molar-refractivity contribution in [2.75, 3.05) is 0 Å². The van der Waals surface area contributed by atoms with E-state index in [1.165, 1.54) is 4.70 Å². The molecule has 0 aliphatic carbocycles. The number of nitrogens with zero attached hydrogens (tertiary/aromatic N) is 3. The van der Waals surface area contributed by atoms with Gasteiger partial charge < -0.3 is 8.98 Å². The first-order valence-electron chi connectivity index (χ1n) is 21.2. The van der Waals surface area contributed by atoms with Gasteiger partial charge in [0.1, 0.15) is 11.2 Å². The van der Waals surface area contributed by atoms with Crippen molar-refractivity contribution >= 4 is 75.4 Å². The molecule has 0 amide bonds. The molecule has 0 saturated heterocycles. The highest BCUT2D eigenvalue weighted by Gasteiger charge is 2.26. The van der Waals surface area contributed by atoms with E-state index >= 15 is 0 Å². The summed E-state index contributed by atoms with van der Waals surface area (Å²) in [6.07, 6.45) is 0. The molecule has 0 aliphatic rings. The minimum Gasteiger partial charge on any atom is -0.455 e. The first-order valence-corrected chi connectivity index (χ1v) is 22.1. The second-order valence-electron chi connectivity index (χ2n) is 16.0. The van der Waals surface area contributed by atoms with Gasteiger partial charge in [0.2, 0.25) is 0 Å². The highest BCUT2D eigenvalue weighted by atomic mass is 32.1. The highest BCUT2D eigenvalue weighted by molar-refractivity contribution is 7.26. The summed E-state index contributed by atoms with van der Waals surface area (Å²) in [6, 6.07) is 75.5. The van der Waals surface area contributed by atoms with E-state index in [-0.39, 0.29) is 0 Å². The molecule has 4 heterocycles. The lowest BCUT2D eigenvalue weighted by Gasteiger charge is -2.21. The van der Waals surface area contributed by atoms with Crippen molar-refractivity contribution in [3.8, 4) is 61.7 Å². The Hall–Kier alpha value is -8.12. The number of aromatic nitrogens is 3. The van der Waals surface area contributed by atoms with E-state index in [1.807, 2.05) is 6.07 Å². The van der Waals surface area contributed by atoms with E-state index in [1.54, 1.807) is 11.3 Å². The maximum atomic E-state index is 7.10. The molecule has 0 atom stereocenters. The molecule has 4 nitrogen and oxygen atoms in total. The van der Waals surface area contributed by atoms with Crippen molar-refractivity contribution in [3.63, 3.8) is 0 Å². The number of furan rings is 1. The Balaban J connectivity index is 1.16. The minimum atomic E-state index is 0.709. The molecule has 0 bridgehead atoms. The fourth-order valence-electron chi connectivity index (χ4n) is 9.58. The van der Waals surface area contributed by atoms with E-state index in [2.05, 4.69) is 211 Å². The molecule has 4 aromatic heterocycles. The fourth-order valence-corrected chi connectivity index (χ4v) is 10.7. The number of hydrogen-bond acceptors (Lipinski definition) is 4. The minimum absolute atomic E-state index is 0.709. The molecule has 13 rings (SSSR count). The lowest BCUT2D eigenvalue weighted by atomic mass is 9.91. The van der Waals surface area contributed by atoms with E-state index < -0.39 is 0 Å². The van der Waals surface area contributed by atoms with Gasteiger partial charge in [-0.25, -0.2) is 9.97 Å². The second kappa shape index (κ2) is 14.2. The van der Waals surface area contributed by atoms with Crippen LogP contribution in [0.1, 0.15) is 0 Å². The SMILES string of the molecule is c1ccc(-c2nc(-c3cc(-c4ccccc4)c(-n4c5ccccc5c5c6oc7c(-c8ccccc8)cccc7c6ccc54)c(-c4ccccc4)c3)c3sc4ccccc4c3n2)cc1. The van der Waals surface area contributed by atoms with Crippen LogP contribution in [-0.4, -0.2) is 14.5 Å². The first-order chi connectivity index (χ1) is 31.3. The van der Waals surface area contributed by atoms with Crippen LogP contribution in [0, 0.1) is 0 Å². The molecular weight excluding hydrogens is 787 g/mol. The molecule has 0 radical (unpaired) electrons. The smallest absolute Gasteiger partial charge is 0.160 e. The molecular formula is C58H35N3OS. The van der Waals surface area contributed by atoms with Crippen molar-refractivity contribution in [1.29, 1.82) is 0 Å². The third kappa shape index (κ3) is 5.60. The molecule has 0 aliphatic heterocycles. The van der Waals surface area contributed by atoms with Gasteiger partial charge >= 0.3 is 0 Å². The van der Waals surface area contributed by atoms with Crippen molar-refractivity contribution < 1.29 is 4.42 Å². The average molecular weight is 822 g/mol. The fraction of sp³-hybridized carbons (Fsp3) is 0. The van der Waals surface area contributed by atoms with Crippen LogP contribution in [0.4, 0.5) is 0 Å².